The molecule has 0 aliphatic carbocycles. The smallest absolute Gasteiger partial charge is 0.169 e. The molecule has 0 bridgehead atoms. The number of hydrogen-bond acceptors (Lipinski definition) is 3. The number of hydrogen-bond donors (Lipinski definition) is 0. The molecule has 10 rings (SSSR count). The van der Waals surface area contributed by atoms with Gasteiger partial charge in [0.25, 0.3) is 0 Å². The van der Waals surface area contributed by atoms with Gasteiger partial charge in [0.05, 0.1) is 22.1 Å². The van der Waals surface area contributed by atoms with Gasteiger partial charge in [-0.3, -0.25) is 4.57 Å². The molecular formula is C43H28F2N6. The lowest BCUT2D eigenvalue weighted by molar-refractivity contribution is 0.568. The maximum absolute atomic E-state index is 15.1. The van der Waals surface area contributed by atoms with E-state index < -0.39 is 11.6 Å². The Morgan fingerprint density at radius 2 is 1.06 bits per heavy atom. The molecule has 0 saturated carbocycles. The third-order valence-corrected chi connectivity index (χ3v) is 9.82. The van der Waals surface area contributed by atoms with Crippen LogP contribution >= 0.6 is 0 Å². The summed E-state index contributed by atoms with van der Waals surface area (Å²) >= 11 is 0. The van der Waals surface area contributed by atoms with E-state index >= 15 is 8.78 Å². The number of para-hydroxylation sites is 4. The molecule has 0 atom stereocenters. The molecule has 4 aromatic heterocycles. The Hall–Kier alpha value is -6.67. The zero-order chi connectivity index (χ0) is 34.4. The number of fused-ring (bicyclic) bond motifs is 7. The van der Waals surface area contributed by atoms with Gasteiger partial charge in [-0.05, 0) is 80.6 Å². The van der Waals surface area contributed by atoms with Crippen molar-refractivity contribution in [2.45, 2.75) is 13.8 Å². The van der Waals surface area contributed by atoms with E-state index in [0.717, 1.165) is 49.8 Å². The Morgan fingerprint density at radius 3 is 1.76 bits per heavy atom. The summed E-state index contributed by atoms with van der Waals surface area (Å²) in [6.07, 6.45) is 0. The van der Waals surface area contributed by atoms with Crippen LogP contribution in [-0.2, 0) is 0 Å². The van der Waals surface area contributed by atoms with Crippen LogP contribution in [0.5, 0.6) is 0 Å². The van der Waals surface area contributed by atoms with Crippen molar-refractivity contribution in [3.8, 4) is 28.3 Å². The fourth-order valence-electron chi connectivity index (χ4n) is 7.70. The van der Waals surface area contributed by atoms with Gasteiger partial charge in [-0.25, -0.2) is 23.7 Å². The summed E-state index contributed by atoms with van der Waals surface area (Å²) in [6, 6.07) is 44.1. The Balaban J connectivity index is 1.25. The molecule has 4 heterocycles. The number of halogens is 2. The first kappa shape index (κ1) is 29.3. The van der Waals surface area contributed by atoms with Crippen molar-refractivity contribution in [3.63, 3.8) is 0 Å². The van der Waals surface area contributed by atoms with Crippen molar-refractivity contribution < 1.29 is 8.78 Å². The van der Waals surface area contributed by atoms with Gasteiger partial charge in [0, 0.05) is 38.5 Å². The van der Waals surface area contributed by atoms with E-state index in [9.17, 15) is 0 Å². The van der Waals surface area contributed by atoms with Crippen LogP contribution in [0.3, 0.4) is 0 Å². The summed E-state index contributed by atoms with van der Waals surface area (Å²) in [7, 11) is 0. The maximum atomic E-state index is 15.1. The van der Waals surface area contributed by atoms with Gasteiger partial charge in [0.15, 0.2) is 5.65 Å². The van der Waals surface area contributed by atoms with E-state index in [4.69, 9.17) is 9.97 Å². The largest absolute Gasteiger partial charge is 0.309 e. The molecule has 0 aliphatic rings. The molecule has 0 radical (unpaired) electrons. The summed E-state index contributed by atoms with van der Waals surface area (Å²) in [6.45, 7) is 3.50. The Bertz CT molecular complexity index is 2950. The second-order valence-corrected chi connectivity index (χ2v) is 12.8. The average molecular weight is 667 g/mol. The average Bonchev–Trinajstić information content (AvgIpc) is 3.78. The van der Waals surface area contributed by atoms with Gasteiger partial charge in [0.1, 0.15) is 40.2 Å². The number of benzene rings is 6. The molecule has 0 N–H and O–H groups in total. The topological polar surface area (TPSA) is 53.5 Å². The summed E-state index contributed by atoms with van der Waals surface area (Å²) < 4.78 is 36.2. The minimum atomic E-state index is -0.690. The van der Waals surface area contributed by atoms with Crippen LogP contribution in [0, 0.1) is 25.5 Å². The SMILES string of the molecule is Cc1nc(-c2ccc3c(c2)c2cc(-n4c5ccccc5c5ccccc54)ccc2n3-c2ccccc2)c2nc(C)n(-c3c(F)cccc3F)c2n1. The molecule has 6 aromatic carbocycles. The fraction of sp³-hybridized carbons (Fsp3) is 0.0465. The van der Waals surface area contributed by atoms with Gasteiger partial charge in [0.2, 0.25) is 0 Å². The highest BCUT2D eigenvalue weighted by atomic mass is 19.1. The van der Waals surface area contributed by atoms with Crippen molar-refractivity contribution >= 4 is 54.8 Å². The summed E-state index contributed by atoms with van der Waals surface area (Å²) in [5.41, 5.74) is 8.52. The van der Waals surface area contributed by atoms with Crippen LogP contribution in [0.4, 0.5) is 8.78 Å². The summed E-state index contributed by atoms with van der Waals surface area (Å²) in [5.74, 6) is -0.502. The van der Waals surface area contributed by atoms with Crippen LogP contribution < -0.4 is 0 Å². The van der Waals surface area contributed by atoms with Gasteiger partial charge >= 0.3 is 0 Å². The molecule has 0 amide bonds. The fourth-order valence-corrected chi connectivity index (χ4v) is 7.70. The van der Waals surface area contributed by atoms with Crippen LogP contribution in [0.15, 0.2) is 133 Å². The monoisotopic (exact) mass is 666 g/mol. The van der Waals surface area contributed by atoms with Crippen molar-refractivity contribution in [1.82, 2.24) is 28.7 Å². The standard InChI is InChI=1S/C43H28F2N6/c1-25-46-40(41-43(47-25)49(26(2)48-41)42-34(44)15-10-16-35(42)45)27-19-21-38-32(23-27)33-24-29(20-22-39(33)50(38)28-11-4-3-5-12-28)51-36-17-8-6-13-30(36)31-14-7-9-18-37(31)51/h3-24H,1-2H3. The lowest BCUT2D eigenvalue weighted by atomic mass is 10.1. The van der Waals surface area contributed by atoms with Crippen molar-refractivity contribution in [2.24, 2.45) is 0 Å². The van der Waals surface area contributed by atoms with Gasteiger partial charge < -0.3 is 9.13 Å². The van der Waals surface area contributed by atoms with Gasteiger partial charge in [-0.15, -0.1) is 0 Å². The Kier molecular flexibility index (Phi) is 6.26. The highest BCUT2D eigenvalue weighted by Crippen LogP contribution is 2.39. The van der Waals surface area contributed by atoms with Crippen molar-refractivity contribution in [2.75, 3.05) is 0 Å². The van der Waals surface area contributed by atoms with Crippen molar-refractivity contribution in [1.29, 1.82) is 0 Å². The molecule has 6 nitrogen and oxygen atoms in total. The van der Waals surface area contributed by atoms with Crippen molar-refractivity contribution in [3.05, 3.63) is 157 Å². The molecule has 10 aromatic rings. The molecular weight excluding hydrogens is 639 g/mol. The molecule has 0 spiro atoms. The lowest BCUT2D eigenvalue weighted by Crippen LogP contribution is -2.05. The van der Waals surface area contributed by atoms with Crippen LogP contribution in [0.2, 0.25) is 0 Å². The van der Waals surface area contributed by atoms with Gasteiger partial charge in [-0.2, -0.15) is 0 Å². The zero-order valence-corrected chi connectivity index (χ0v) is 27.6. The van der Waals surface area contributed by atoms with E-state index in [1.54, 1.807) is 13.8 Å². The maximum Gasteiger partial charge on any atom is 0.169 e. The van der Waals surface area contributed by atoms with E-state index in [1.165, 1.54) is 33.5 Å². The molecule has 0 saturated heterocycles. The minimum absolute atomic E-state index is 0.208. The molecule has 0 aliphatic heterocycles. The first-order valence-electron chi connectivity index (χ1n) is 16.8. The second-order valence-electron chi connectivity index (χ2n) is 12.8. The normalized spacial score (nSPS) is 11.9. The number of imidazole rings is 1. The van der Waals surface area contributed by atoms with E-state index in [0.29, 0.717) is 28.5 Å². The van der Waals surface area contributed by atoms with E-state index in [1.807, 2.05) is 24.3 Å². The molecule has 8 heteroatoms. The lowest BCUT2D eigenvalue weighted by Gasteiger charge is -2.10. The predicted molar refractivity (Wildman–Crippen MR) is 200 cm³/mol. The van der Waals surface area contributed by atoms with Crippen LogP contribution in [-0.4, -0.2) is 28.7 Å². The number of aromatic nitrogens is 6. The first-order chi connectivity index (χ1) is 25.0. The quantitative estimate of drug-likeness (QED) is 0.188. The molecule has 0 fully saturated rings. The molecule has 51 heavy (non-hydrogen) atoms. The van der Waals surface area contributed by atoms with Crippen LogP contribution in [0.1, 0.15) is 11.6 Å². The van der Waals surface area contributed by atoms with Gasteiger partial charge in [-0.1, -0.05) is 66.7 Å². The number of nitrogens with zero attached hydrogens (tertiary/aromatic N) is 6. The third kappa shape index (κ3) is 4.29. The molecule has 244 valence electrons. The summed E-state index contributed by atoms with van der Waals surface area (Å²) in [4.78, 5) is 14.3. The Labute approximate surface area is 290 Å². The summed E-state index contributed by atoms with van der Waals surface area (Å²) in [5, 5.41) is 4.52. The Morgan fingerprint density at radius 1 is 0.471 bits per heavy atom. The zero-order valence-electron chi connectivity index (χ0n) is 27.6. The van der Waals surface area contributed by atoms with Crippen LogP contribution in [0.25, 0.3) is 83.1 Å². The number of aryl methyl sites for hydroxylation is 2. The van der Waals surface area contributed by atoms with E-state index in [-0.39, 0.29) is 5.69 Å². The highest BCUT2D eigenvalue weighted by Gasteiger charge is 2.23. The third-order valence-electron chi connectivity index (χ3n) is 9.82. The predicted octanol–water partition coefficient (Wildman–Crippen LogP) is 10.6. The molecule has 0 unspecified atom stereocenters. The first-order valence-corrected chi connectivity index (χ1v) is 16.8. The number of rotatable bonds is 4. The van der Waals surface area contributed by atoms with E-state index in [2.05, 4.69) is 105 Å². The second kappa shape index (κ2) is 10.9. The minimum Gasteiger partial charge on any atom is -0.309 e. The highest BCUT2D eigenvalue weighted by molar-refractivity contribution is 6.13.